The van der Waals surface area contributed by atoms with E-state index in [0.29, 0.717) is 37.0 Å². The molecule has 0 bridgehead atoms. The van der Waals surface area contributed by atoms with Gasteiger partial charge in [-0.2, -0.15) is 0 Å². The number of amides is 1. The van der Waals surface area contributed by atoms with Crippen LogP contribution in [0.3, 0.4) is 0 Å². The summed E-state index contributed by atoms with van der Waals surface area (Å²) in [7, 11) is 7.38. The van der Waals surface area contributed by atoms with Crippen LogP contribution in [0.25, 0.3) is 21.5 Å². The van der Waals surface area contributed by atoms with Gasteiger partial charge in [0.1, 0.15) is 0 Å². The Morgan fingerprint density at radius 3 is 2.50 bits per heavy atom. The topological polar surface area (TPSA) is 60.5 Å². The molecule has 0 spiro atoms. The van der Waals surface area contributed by atoms with Crippen molar-refractivity contribution < 1.29 is 23.7 Å². The second-order valence-electron chi connectivity index (χ2n) is 9.52. The second kappa shape index (κ2) is 8.64. The first-order valence-electron chi connectivity index (χ1n) is 11.8. The van der Waals surface area contributed by atoms with Gasteiger partial charge >= 0.3 is 0 Å². The van der Waals surface area contributed by atoms with E-state index in [9.17, 15) is 4.79 Å². The summed E-state index contributed by atoms with van der Waals surface area (Å²) in [6, 6.07) is 6.12. The monoisotopic (exact) mass is 464 g/mol. The van der Waals surface area contributed by atoms with Crippen LogP contribution in [0.4, 0.5) is 5.69 Å². The van der Waals surface area contributed by atoms with Gasteiger partial charge in [-0.3, -0.25) is 4.79 Å². The molecule has 0 aromatic heterocycles. The SMILES string of the molecule is COc1cc2c(cc3c4c(cc5c(c42)COC5)C(=O)N3CCCN(C)C)c(OC)c1OC(C)C. The molecule has 2 heterocycles. The van der Waals surface area contributed by atoms with Crippen LogP contribution in [-0.2, 0) is 18.0 Å². The van der Waals surface area contributed by atoms with E-state index in [-0.39, 0.29) is 12.0 Å². The highest BCUT2D eigenvalue weighted by Crippen LogP contribution is 2.52. The van der Waals surface area contributed by atoms with E-state index >= 15 is 0 Å². The minimum atomic E-state index is -0.0516. The number of hydrogen-bond acceptors (Lipinski definition) is 6. The summed E-state index contributed by atoms with van der Waals surface area (Å²) in [6.07, 6.45) is 0.834. The first kappa shape index (κ1) is 22.7. The lowest BCUT2D eigenvalue weighted by atomic mass is 9.91. The molecule has 2 aliphatic heterocycles. The largest absolute Gasteiger partial charge is 0.493 e. The molecule has 34 heavy (non-hydrogen) atoms. The van der Waals surface area contributed by atoms with Crippen LogP contribution < -0.4 is 19.1 Å². The summed E-state index contributed by atoms with van der Waals surface area (Å²) < 4.78 is 23.6. The molecule has 7 nitrogen and oxygen atoms in total. The highest BCUT2D eigenvalue weighted by Gasteiger charge is 2.35. The van der Waals surface area contributed by atoms with Gasteiger partial charge in [0.25, 0.3) is 5.91 Å². The number of nitrogens with zero attached hydrogens (tertiary/aromatic N) is 2. The number of carbonyl (C=O) groups is 1. The number of carbonyl (C=O) groups excluding carboxylic acids is 1. The zero-order valence-electron chi connectivity index (χ0n) is 20.8. The highest BCUT2D eigenvalue weighted by atomic mass is 16.5. The molecular weight excluding hydrogens is 432 g/mol. The van der Waals surface area contributed by atoms with Crippen molar-refractivity contribution in [1.82, 2.24) is 4.90 Å². The van der Waals surface area contributed by atoms with Crippen molar-refractivity contribution in [2.75, 3.05) is 46.3 Å². The normalized spacial score (nSPS) is 14.7. The number of methoxy groups -OCH3 is 2. The lowest BCUT2D eigenvalue weighted by molar-refractivity contribution is 0.0992. The van der Waals surface area contributed by atoms with Crippen molar-refractivity contribution in [2.24, 2.45) is 0 Å². The number of rotatable bonds is 8. The summed E-state index contributed by atoms with van der Waals surface area (Å²) in [4.78, 5) is 17.7. The van der Waals surface area contributed by atoms with Gasteiger partial charge in [0.05, 0.1) is 44.8 Å². The van der Waals surface area contributed by atoms with E-state index < -0.39 is 0 Å². The molecule has 0 aliphatic carbocycles. The third kappa shape index (κ3) is 3.46. The Labute approximate surface area is 200 Å². The van der Waals surface area contributed by atoms with Crippen LogP contribution in [0.5, 0.6) is 17.2 Å². The molecule has 0 radical (unpaired) electrons. The number of hydrogen-bond donors (Lipinski definition) is 0. The standard InChI is InChI=1S/C27H32N2O5/c1-15(2)34-26-22(31-5)12-17-18(25(26)32-6)11-21-24-19(10-16-13-33-14-20(16)23(17)24)27(30)29(21)9-7-8-28(3)4/h10-12,15H,7-9,13-14H2,1-6H3. The molecule has 0 fully saturated rings. The van der Waals surface area contributed by atoms with Gasteiger partial charge in [0.2, 0.25) is 5.75 Å². The van der Waals surface area contributed by atoms with Crippen molar-refractivity contribution in [1.29, 1.82) is 0 Å². The summed E-state index contributed by atoms with van der Waals surface area (Å²) >= 11 is 0. The third-order valence-corrected chi connectivity index (χ3v) is 6.61. The van der Waals surface area contributed by atoms with E-state index in [2.05, 4.69) is 11.0 Å². The zero-order chi connectivity index (χ0) is 24.1. The second-order valence-corrected chi connectivity index (χ2v) is 9.52. The average molecular weight is 465 g/mol. The van der Waals surface area contributed by atoms with Gasteiger partial charge in [-0.1, -0.05) is 0 Å². The van der Waals surface area contributed by atoms with Crippen LogP contribution in [0.15, 0.2) is 18.2 Å². The predicted molar refractivity (Wildman–Crippen MR) is 134 cm³/mol. The molecule has 2 aliphatic rings. The fourth-order valence-corrected chi connectivity index (χ4v) is 5.19. The van der Waals surface area contributed by atoms with Crippen LogP contribution in [0.1, 0.15) is 41.8 Å². The van der Waals surface area contributed by atoms with E-state index in [4.69, 9.17) is 18.9 Å². The van der Waals surface area contributed by atoms with Crippen molar-refractivity contribution in [2.45, 2.75) is 39.6 Å². The molecule has 0 saturated carbocycles. The Kier molecular flexibility index (Phi) is 5.78. The van der Waals surface area contributed by atoms with Crippen LogP contribution in [-0.4, -0.2) is 58.3 Å². The molecule has 0 saturated heterocycles. The Bertz CT molecular complexity index is 1300. The van der Waals surface area contributed by atoms with Gasteiger partial charge in [-0.15, -0.1) is 0 Å². The van der Waals surface area contributed by atoms with Gasteiger partial charge in [-0.25, -0.2) is 0 Å². The lowest BCUT2D eigenvalue weighted by Crippen LogP contribution is -2.30. The fraction of sp³-hybridized carbons (Fsp3) is 0.444. The van der Waals surface area contributed by atoms with Crippen molar-refractivity contribution in [3.63, 3.8) is 0 Å². The average Bonchev–Trinajstić information content (AvgIpc) is 3.37. The summed E-state index contributed by atoms with van der Waals surface area (Å²) in [5, 5.41) is 3.93. The summed E-state index contributed by atoms with van der Waals surface area (Å²) in [5.74, 6) is 1.85. The Hall–Kier alpha value is -3.03. The molecule has 5 rings (SSSR count). The molecule has 7 heteroatoms. The lowest BCUT2D eigenvalue weighted by Gasteiger charge is -2.22. The van der Waals surface area contributed by atoms with E-state index in [1.807, 2.05) is 45.0 Å². The van der Waals surface area contributed by atoms with Crippen molar-refractivity contribution in [3.05, 3.63) is 34.9 Å². The summed E-state index contributed by atoms with van der Waals surface area (Å²) in [6.45, 7) is 6.56. The van der Waals surface area contributed by atoms with Gasteiger partial charge < -0.3 is 28.7 Å². The zero-order valence-corrected chi connectivity index (χ0v) is 20.8. The maximum absolute atomic E-state index is 13.6. The van der Waals surface area contributed by atoms with E-state index in [0.717, 1.165) is 56.9 Å². The van der Waals surface area contributed by atoms with Gasteiger partial charge in [0, 0.05) is 17.3 Å². The Balaban J connectivity index is 1.84. The van der Waals surface area contributed by atoms with Gasteiger partial charge in [0.15, 0.2) is 11.5 Å². The van der Waals surface area contributed by atoms with Crippen LogP contribution in [0, 0.1) is 0 Å². The smallest absolute Gasteiger partial charge is 0.259 e. The molecule has 0 unspecified atom stereocenters. The minimum absolute atomic E-state index is 0.0494. The van der Waals surface area contributed by atoms with Gasteiger partial charge in [-0.05, 0) is 81.0 Å². The fourth-order valence-electron chi connectivity index (χ4n) is 5.19. The molecule has 1 amide bonds. The number of fused-ring (bicyclic) bond motifs is 4. The Morgan fingerprint density at radius 2 is 1.82 bits per heavy atom. The molecule has 3 aromatic rings. The maximum Gasteiger partial charge on any atom is 0.259 e. The van der Waals surface area contributed by atoms with Crippen LogP contribution in [0.2, 0.25) is 0 Å². The van der Waals surface area contributed by atoms with E-state index in [1.54, 1.807) is 14.2 Å². The van der Waals surface area contributed by atoms with E-state index in [1.165, 1.54) is 0 Å². The predicted octanol–water partition coefficient (Wildman–Crippen LogP) is 4.74. The van der Waals surface area contributed by atoms with Crippen LogP contribution >= 0.6 is 0 Å². The third-order valence-electron chi connectivity index (χ3n) is 6.61. The molecular formula is C27H32N2O5. The molecule has 180 valence electrons. The number of anilines is 1. The summed E-state index contributed by atoms with van der Waals surface area (Å²) in [5.41, 5.74) is 3.89. The van der Waals surface area contributed by atoms with Crippen molar-refractivity contribution >= 4 is 33.1 Å². The first-order chi connectivity index (χ1) is 16.3. The van der Waals surface area contributed by atoms with Crippen molar-refractivity contribution in [3.8, 4) is 17.2 Å². The molecule has 0 N–H and O–H groups in total. The molecule has 3 aromatic carbocycles. The maximum atomic E-state index is 13.6. The highest BCUT2D eigenvalue weighted by molar-refractivity contribution is 6.31. The first-order valence-corrected chi connectivity index (χ1v) is 11.8. The number of ether oxygens (including phenoxy) is 4. The minimum Gasteiger partial charge on any atom is -0.493 e. The quantitative estimate of drug-likeness (QED) is 0.449. The Morgan fingerprint density at radius 1 is 1.03 bits per heavy atom. The molecule has 0 atom stereocenters. The number of benzene rings is 3.